The molecule has 3 rings (SSSR count). The minimum atomic E-state index is -4.36. The molecule has 1 aliphatic carbocycles. The summed E-state index contributed by atoms with van der Waals surface area (Å²) in [4.78, 5) is 25.8. The van der Waals surface area contributed by atoms with Crippen molar-refractivity contribution in [3.8, 4) is 0 Å². The van der Waals surface area contributed by atoms with Crippen LogP contribution >= 0.6 is 0 Å². The molecule has 148 valence electrons. The summed E-state index contributed by atoms with van der Waals surface area (Å²) in [6.07, 6.45) is -2.43. The van der Waals surface area contributed by atoms with E-state index in [1.54, 1.807) is 24.3 Å². The fourth-order valence-electron chi connectivity index (χ4n) is 2.99. The Hall–Kier alpha value is -2.67. The fourth-order valence-corrected chi connectivity index (χ4v) is 2.99. The molecule has 2 aromatic carbocycles. The maximum atomic E-state index is 12.7. The Kier molecular flexibility index (Phi) is 5.84. The van der Waals surface area contributed by atoms with Gasteiger partial charge >= 0.3 is 6.18 Å². The summed E-state index contributed by atoms with van der Waals surface area (Å²) in [6.45, 7) is 2.00. The number of hydrogen-bond donors (Lipinski definition) is 1. The summed E-state index contributed by atoms with van der Waals surface area (Å²) < 4.78 is 38.1. The van der Waals surface area contributed by atoms with E-state index >= 15 is 0 Å². The van der Waals surface area contributed by atoms with Gasteiger partial charge in [0.15, 0.2) is 5.78 Å². The van der Waals surface area contributed by atoms with Crippen molar-refractivity contribution in [2.45, 2.75) is 38.5 Å². The molecule has 0 aromatic heterocycles. The summed E-state index contributed by atoms with van der Waals surface area (Å²) in [5.74, 6) is -0.308. The molecule has 0 atom stereocenters. The van der Waals surface area contributed by atoms with E-state index in [0.29, 0.717) is 17.8 Å². The number of benzene rings is 2. The lowest BCUT2D eigenvalue weighted by Gasteiger charge is -2.22. The van der Waals surface area contributed by atoms with E-state index in [2.05, 4.69) is 5.32 Å². The summed E-state index contributed by atoms with van der Waals surface area (Å²) in [5.41, 5.74) is 1.10. The molecule has 0 radical (unpaired) electrons. The molecule has 2 aromatic rings. The lowest BCUT2D eigenvalue weighted by Crippen LogP contribution is -2.34. The molecule has 7 heteroatoms. The molecule has 1 N–H and O–H groups in total. The number of amides is 1. The van der Waals surface area contributed by atoms with Crippen LogP contribution in [0.4, 0.5) is 18.9 Å². The quantitative estimate of drug-likeness (QED) is 0.708. The van der Waals surface area contributed by atoms with Crippen LogP contribution in [0.2, 0.25) is 0 Å². The highest BCUT2D eigenvalue weighted by Gasteiger charge is 2.32. The van der Waals surface area contributed by atoms with Gasteiger partial charge in [-0.2, -0.15) is 13.2 Å². The van der Waals surface area contributed by atoms with Gasteiger partial charge in [-0.05, 0) is 49.6 Å². The molecule has 0 aliphatic heterocycles. The van der Waals surface area contributed by atoms with Gasteiger partial charge in [0.2, 0.25) is 5.91 Å². The van der Waals surface area contributed by atoms with Crippen LogP contribution in [0.15, 0.2) is 48.5 Å². The van der Waals surface area contributed by atoms with E-state index in [1.807, 2.05) is 4.90 Å². The second-order valence-corrected chi connectivity index (χ2v) is 7.02. The Morgan fingerprint density at radius 2 is 1.79 bits per heavy atom. The molecule has 1 fully saturated rings. The number of nitrogens with one attached hydrogen (secondary N) is 1. The average molecular weight is 390 g/mol. The van der Waals surface area contributed by atoms with E-state index in [4.69, 9.17) is 0 Å². The largest absolute Gasteiger partial charge is 0.416 e. The van der Waals surface area contributed by atoms with Crippen LogP contribution in [0.25, 0.3) is 0 Å². The first kappa shape index (κ1) is 20.1. The SMILES string of the molecule is CC(=O)c1cccc(NC(=O)CN(Cc2ccc(C(F)(F)F)cc2)C2CC2)c1. The molecule has 1 saturated carbocycles. The lowest BCUT2D eigenvalue weighted by atomic mass is 10.1. The standard InChI is InChI=1S/C21H21F3N2O2/c1-14(27)16-3-2-4-18(11-16)25-20(28)13-26(19-9-10-19)12-15-5-7-17(8-6-15)21(22,23)24/h2-8,11,19H,9-10,12-13H2,1H3,(H,25,28). The van der Waals surface area contributed by atoms with E-state index in [1.165, 1.54) is 19.1 Å². The third-order valence-corrected chi connectivity index (χ3v) is 4.63. The molecule has 0 saturated heterocycles. The van der Waals surface area contributed by atoms with Crippen molar-refractivity contribution in [2.24, 2.45) is 0 Å². The molecule has 0 unspecified atom stereocenters. The third kappa shape index (κ3) is 5.42. The summed E-state index contributed by atoms with van der Waals surface area (Å²) >= 11 is 0. The second-order valence-electron chi connectivity index (χ2n) is 7.02. The normalized spacial score (nSPS) is 14.2. The Morgan fingerprint density at radius 1 is 1.11 bits per heavy atom. The number of carbonyl (C=O) groups is 2. The minimum absolute atomic E-state index is 0.0852. The van der Waals surface area contributed by atoms with Gasteiger partial charge in [0.05, 0.1) is 12.1 Å². The Morgan fingerprint density at radius 3 is 2.36 bits per heavy atom. The first-order chi connectivity index (χ1) is 13.2. The smallest absolute Gasteiger partial charge is 0.325 e. The van der Waals surface area contributed by atoms with Crippen LogP contribution in [0.1, 0.15) is 41.3 Å². The third-order valence-electron chi connectivity index (χ3n) is 4.63. The zero-order chi connectivity index (χ0) is 20.3. The summed E-state index contributed by atoms with van der Waals surface area (Å²) in [6, 6.07) is 12.0. The fraction of sp³-hybridized carbons (Fsp3) is 0.333. The van der Waals surface area contributed by atoms with E-state index in [0.717, 1.165) is 30.5 Å². The van der Waals surface area contributed by atoms with E-state index in [9.17, 15) is 22.8 Å². The van der Waals surface area contributed by atoms with E-state index in [-0.39, 0.29) is 24.3 Å². The Labute approximate surface area is 161 Å². The van der Waals surface area contributed by atoms with Crippen molar-refractivity contribution in [2.75, 3.05) is 11.9 Å². The molecule has 4 nitrogen and oxygen atoms in total. The molecule has 0 spiro atoms. The number of Topliss-reactive ketones (excluding diaryl/α,β-unsaturated/α-hetero) is 1. The molecule has 1 amide bonds. The Bertz CT molecular complexity index is 859. The topological polar surface area (TPSA) is 49.4 Å². The van der Waals surface area contributed by atoms with Gasteiger partial charge < -0.3 is 5.32 Å². The average Bonchev–Trinajstić information content (AvgIpc) is 3.46. The van der Waals surface area contributed by atoms with Crippen LogP contribution in [-0.4, -0.2) is 29.2 Å². The van der Waals surface area contributed by atoms with Crippen molar-refractivity contribution in [3.05, 3.63) is 65.2 Å². The van der Waals surface area contributed by atoms with Crippen LogP contribution in [0.3, 0.4) is 0 Å². The van der Waals surface area contributed by atoms with Gasteiger partial charge in [0.1, 0.15) is 0 Å². The number of rotatable bonds is 7. The van der Waals surface area contributed by atoms with Crippen LogP contribution in [0.5, 0.6) is 0 Å². The zero-order valence-electron chi connectivity index (χ0n) is 15.4. The second kappa shape index (κ2) is 8.14. The highest BCUT2D eigenvalue weighted by atomic mass is 19.4. The molecular formula is C21H21F3N2O2. The number of ketones is 1. The van der Waals surface area contributed by atoms with E-state index < -0.39 is 11.7 Å². The highest BCUT2D eigenvalue weighted by molar-refractivity contribution is 5.97. The van der Waals surface area contributed by atoms with Gasteiger partial charge in [-0.25, -0.2) is 0 Å². The zero-order valence-corrected chi connectivity index (χ0v) is 15.4. The maximum Gasteiger partial charge on any atom is 0.416 e. The number of halogens is 3. The number of hydrogen-bond acceptors (Lipinski definition) is 3. The lowest BCUT2D eigenvalue weighted by molar-refractivity contribution is -0.137. The van der Waals surface area contributed by atoms with Crippen LogP contribution < -0.4 is 5.32 Å². The number of anilines is 1. The predicted octanol–water partition coefficient (Wildman–Crippen LogP) is 4.51. The van der Waals surface area contributed by atoms with Gasteiger partial charge in [-0.15, -0.1) is 0 Å². The number of alkyl halides is 3. The number of carbonyl (C=O) groups excluding carboxylic acids is 2. The first-order valence-corrected chi connectivity index (χ1v) is 9.03. The predicted molar refractivity (Wildman–Crippen MR) is 100.0 cm³/mol. The summed E-state index contributed by atoms with van der Waals surface area (Å²) in [7, 11) is 0. The first-order valence-electron chi connectivity index (χ1n) is 9.03. The summed E-state index contributed by atoms with van der Waals surface area (Å²) in [5, 5.41) is 2.78. The minimum Gasteiger partial charge on any atom is -0.325 e. The van der Waals surface area contributed by atoms with Gasteiger partial charge in [0, 0.05) is 23.8 Å². The van der Waals surface area contributed by atoms with Crippen molar-refractivity contribution in [3.63, 3.8) is 0 Å². The molecular weight excluding hydrogens is 369 g/mol. The van der Waals surface area contributed by atoms with Crippen LogP contribution in [-0.2, 0) is 17.5 Å². The van der Waals surface area contributed by atoms with Crippen molar-refractivity contribution in [1.82, 2.24) is 4.90 Å². The highest BCUT2D eigenvalue weighted by Crippen LogP contribution is 2.31. The molecule has 0 bridgehead atoms. The molecule has 0 heterocycles. The maximum absolute atomic E-state index is 12.7. The van der Waals surface area contributed by atoms with Gasteiger partial charge in [0.25, 0.3) is 0 Å². The van der Waals surface area contributed by atoms with Gasteiger partial charge in [-0.3, -0.25) is 14.5 Å². The van der Waals surface area contributed by atoms with Crippen molar-refractivity contribution >= 4 is 17.4 Å². The number of nitrogens with zero attached hydrogens (tertiary/aromatic N) is 1. The van der Waals surface area contributed by atoms with Crippen molar-refractivity contribution in [1.29, 1.82) is 0 Å². The molecule has 1 aliphatic rings. The monoisotopic (exact) mass is 390 g/mol. The molecule has 28 heavy (non-hydrogen) atoms. The van der Waals surface area contributed by atoms with Gasteiger partial charge in [-0.1, -0.05) is 24.3 Å². The Balaban J connectivity index is 1.62. The van der Waals surface area contributed by atoms with Crippen LogP contribution in [0, 0.1) is 0 Å². The van der Waals surface area contributed by atoms with Crippen molar-refractivity contribution < 1.29 is 22.8 Å².